The monoisotopic (exact) mass is 390 g/mol. The predicted molar refractivity (Wildman–Crippen MR) is 112 cm³/mol. The largest absolute Gasteiger partial charge is 0.496 e. The molecule has 3 heterocycles. The molecule has 0 aliphatic carbocycles. The fraction of sp³-hybridized carbons (Fsp3) is 0.348. The van der Waals surface area contributed by atoms with Crippen LogP contribution in [0.1, 0.15) is 42.1 Å². The Labute approximate surface area is 170 Å². The molecule has 1 saturated heterocycles. The summed E-state index contributed by atoms with van der Waals surface area (Å²) in [6.07, 6.45) is 8.86. The maximum absolute atomic E-state index is 13.2. The van der Waals surface area contributed by atoms with E-state index in [0.29, 0.717) is 6.42 Å². The van der Waals surface area contributed by atoms with Crippen molar-refractivity contribution in [1.82, 2.24) is 20.1 Å². The molecule has 1 N–H and O–H groups in total. The fourth-order valence-corrected chi connectivity index (χ4v) is 4.17. The molecule has 1 atom stereocenters. The Kier molecular flexibility index (Phi) is 5.60. The van der Waals surface area contributed by atoms with E-state index in [1.54, 1.807) is 19.5 Å². The first-order valence-corrected chi connectivity index (χ1v) is 10.0. The van der Waals surface area contributed by atoms with Crippen LogP contribution in [0.15, 0.2) is 48.9 Å². The van der Waals surface area contributed by atoms with Crippen molar-refractivity contribution in [2.45, 2.75) is 38.6 Å². The maximum atomic E-state index is 13.2. The number of hydrogen-bond donors (Lipinski definition) is 1. The SMILES string of the molecule is COc1ccc(CC(=O)N2CCCC[C@H]2c2[nH]ncc2-c2ccncc2)cc1C. The number of aryl methyl sites for hydroxylation is 1. The molecule has 1 fully saturated rings. The van der Waals surface area contributed by atoms with Gasteiger partial charge >= 0.3 is 0 Å². The average molecular weight is 390 g/mol. The molecule has 29 heavy (non-hydrogen) atoms. The number of methoxy groups -OCH3 is 1. The molecule has 1 aliphatic rings. The van der Waals surface area contributed by atoms with Crippen LogP contribution in [-0.2, 0) is 11.2 Å². The summed E-state index contributed by atoms with van der Waals surface area (Å²) in [4.78, 5) is 19.4. The van der Waals surface area contributed by atoms with Gasteiger partial charge in [0, 0.05) is 24.5 Å². The minimum atomic E-state index is 0.0151. The van der Waals surface area contributed by atoms with Crippen molar-refractivity contribution < 1.29 is 9.53 Å². The zero-order chi connectivity index (χ0) is 20.2. The molecule has 0 saturated carbocycles. The van der Waals surface area contributed by atoms with Crippen molar-refractivity contribution in [1.29, 1.82) is 0 Å². The van der Waals surface area contributed by atoms with E-state index in [4.69, 9.17) is 4.74 Å². The molecule has 6 heteroatoms. The van der Waals surface area contributed by atoms with Crippen molar-refractivity contribution in [3.05, 3.63) is 65.7 Å². The molecule has 1 aliphatic heterocycles. The zero-order valence-corrected chi connectivity index (χ0v) is 16.9. The van der Waals surface area contributed by atoms with Gasteiger partial charge in [0.25, 0.3) is 0 Å². The van der Waals surface area contributed by atoms with Crippen molar-refractivity contribution in [2.24, 2.45) is 0 Å². The smallest absolute Gasteiger partial charge is 0.227 e. The van der Waals surface area contributed by atoms with Gasteiger partial charge in [0.15, 0.2) is 0 Å². The molecule has 0 unspecified atom stereocenters. The highest BCUT2D eigenvalue weighted by molar-refractivity contribution is 5.80. The van der Waals surface area contributed by atoms with Crippen LogP contribution in [0.2, 0.25) is 0 Å². The average Bonchev–Trinajstić information content (AvgIpc) is 3.24. The summed E-state index contributed by atoms with van der Waals surface area (Å²) in [5, 5.41) is 7.45. The standard InChI is InChI=1S/C23H26N4O2/c1-16-13-17(6-7-21(16)29-2)14-22(28)27-12-4-3-5-20(27)23-19(15-25-26-23)18-8-10-24-11-9-18/h6-11,13,15,20H,3-5,12,14H2,1-2H3,(H,25,26)/t20-/m0/s1. The summed E-state index contributed by atoms with van der Waals surface area (Å²) >= 11 is 0. The lowest BCUT2D eigenvalue weighted by molar-refractivity contribution is -0.134. The number of carbonyl (C=O) groups is 1. The summed E-state index contributed by atoms with van der Waals surface area (Å²) in [5.41, 5.74) is 5.16. The van der Waals surface area contributed by atoms with Crippen LogP contribution in [0, 0.1) is 6.92 Å². The van der Waals surface area contributed by atoms with Crippen molar-refractivity contribution >= 4 is 5.91 Å². The van der Waals surface area contributed by atoms with Crippen molar-refractivity contribution in [2.75, 3.05) is 13.7 Å². The first-order chi connectivity index (χ1) is 14.2. The minimum absolute atomic E-state index is 0.0151. The number of carbonyl (C=O) groups excluding carboxylic acids is 1. The van der Waals surface area contributed by atoms with E-state index in [-0.39, 0.29) is 11.9 Å². The number of piperidine rings is 1. The number of amides is 1. The molecule has 150 valence electrons. The summed E-state index contributed by atoms with van der Waals surface area (Å²) in [5.74, 6) is 0.992. The number of rotatable bonds is 5. The van der Waals surface area contributed by atoms with Gasteiger partial charge in [-0.05, 0) is 61.1 Å². The second kappa shape index (κ2) is 8.47. The van der Waals surface area contributed by atoms with Crippen LogP contribution in [0.4, 0.5) is 0 Å². The van der Waals surface area contributed by atoms with E-state index in [2.05, 4.69) is 15.2 Å². The van der Waals surface area contributed by atoms with E-state index in [1.807, 2.05) is 48.4 Å². The Hall–Kier alpha value is -3.15. The van der Waals surface area contributed by atoms with Crippen LogP contribution in [0.5, 0.6) is 5.75 Å². The van der Waals surface area contributed by atoms with Crippen LogP contribution in [0.3, 0.4) is 0 Å². The number of aromatic nitrogens is 3. The summed E-state index contributed by atoms with van der Waals surface area (Å²) in [6.45, 7) is 2.77. The van der Waals surface area contributed by atoms with Gasteiger partial charge in [-0.15, -0.1) is 0 Å². The van der Waals surface area contributed by atoms with Crippen molar-refractivity contribution in [3.63, 3.8) is 0 Å². The highest BCUT2D eigenvalue weighted by Crippen LogP contribution is 2.36. The van der Waals surface area contributed by atoms with Crippen molar-refractivity contribution in [3.8, 4) is 16.9 Å². The number of nitrogens with zero attached hydrogens (tertiary/aromatic N) is 3. The van der Waals surface area contributed by atoms with Crippen LogP contribution < -0.4 is 4.74 Å². The molecule has 0 radical (unpaired) electrons. The van der Waals surface area contributed by atoms with Gasteiger partial charge in [-0.25, -0.2) is 0 Å². The lowest BCUT2D eigenvalue weighted by Gasteiger charge is -2.36. The Bertz CT molecular complexity index is 984. The molecule has 2 aromatic heterocycles. The summed E-state index contributed by atoms with van der Waals surface area (Å²) in [6, 6.07) is 9.91. The van der Waals surface area contributed by atoms with E-state index < -0.39 is 0 Å². The number of aromatic amines is 1. The van der Waals surface area contributed by atoms with E-state index >= 15 is 0 Å². The number of benzene rings is 1. The normalized spacial score (nSPS) is 16.6. The van der Waals surface area contributed by atoms with Gasteiger partial charge in [0.05, 0.1) is 31.5 Å². The second-order valence-corrected chi connectivity index (χ2v) is 7.51. The van der Waals surface area contributed by atoms with Crippen LogP contribution >= 0.6 is 0 Å². The molecule has 1 amide bonds. The Morgan fingerprint density at radius 3 is 2.83 bits per heavy atom. The Morgan fingerprint density at radius 2 is 2.07 bits per heavy atom. The van der Waals surface area contributed by atoms with Gasteiger partial charge in [-0.2, -0.15) is 5.10 Å². The topological polar surface area (TPSA) is 71.1 Å². The van der Waals surface area contributed by atoms with E-state index in [0.717, 1.165) is 59.5 Å². The molecule has 0 spiro atoms. The lowest BCUT2D eigenvalue weighted by atomic mass is 9.94. The third kappa shape index (κ3) is 4.01. The molecular formula is C23H26N4O2. The third-order valence-corrected chi connectivity index (χ3v) is 5.63. The fourth-order valence-electron chi connectivity index (χ4n) is 4.17. The zero-order valence-electron chi connectivity index (χ0n) is 16.9. The van der Waals surface area contributed by atoms with Gasteiger partial charge in [0.2, 0.25) is 5.91 Å². The van der Waals surface area contributed by atoms with Crippen LogP contribution in [0.25, 0.3) is 11.1 Å². The number of hydrogen-bond acceptors (Lipinski definition) is 4. The molecule has 0 bridgehead atoms. The lowest BCUT2D eigenvalue weighted by Crippen LogP contribution is -2.39. The van der Waals surface area contributed by atoms with E-state index in [1.165, 1.54) is 0 Å². The Morgan fingerprint density at radius 1 is 1.24 bits per heavy atom. The van der Waals surface area contributed by atoms with Gasteiger partial charge in [-0.3, -0.25) is 14.9 Å². The predicted octanol–water partition coefficient (Wildman–Crippen LogP) is 4.09. The summed E-state index contributed by atoms with van der Waals surface area (Å²) in [7, 11) is 1.66. The number of H-pyrrole nitrogens is 1. The Balaban J connectivity index is 1.58. The molecule has 3 aromatic rings. The van der Waals surface area contributed by atoms with Crippen LogP contribution in [-0.4, -0.2) is 39.6 Å². The highest BCUT2D eigenvalue weighted by Gasteiger charge is 2.31. The second-order valence-electron chi connectivity index (χ2n) is 7.51. The third-order valence-electron chi connectivity index (χ3n) is 5.63. The molecule has 4 rings (SSSR count). The van der Waals surface area contributed by atoms with Gasteiger partial charge in [0.1, 0.15) is 5.75 Å². The summed E-state index contributed by atoms with van der Waals surface area (Å²) < 4.78 is 5.33. The first kappa shape index (κ1) is 19.2. The first-order valence-electron chi connectivity index (χ1n) is 10.0. The number of ether oxygens (including phenoxy) is 1. The highest BCUT2D eigenvalue weighted by atomic mass is 16.5. The van der Waals surface area contributed by atoms with Gasteiger partial charge in [-0.1, -0.05) is 12.1 Å². The number of pyridine rings is 1. The van der Waals surface area contributed by atoms with Gasteiger partial charge < -0.3 is 9.64 Å². The van der Waals surface area contributed by atoms with E-state index in [9.17, 15) is 4.79 Å². The quantitative estimate of drug-likeness (QED) is 0.712. The molecular weight excluding hydrogens is 364 g/mol. The maximum Gasteiger partial charge on any atom is 0.227 e. The molecule has 1 aromatic carbocycles. The minimum Gasteiger partial charge on any atom is -0.496 e. The number of nitrogens with one attached hydrogen (secondary N) is 1. The number of likely N-dealkylation sites (tertiary alicyclic amines) is 1. The molecule has 6 nitrogen and oxygen atoms in total.